The van der Waals surface area contributed by atoms with E-state index in [1.165, 1.54) is 5.56 Å². The van der Waals surface area contributed by atoms with E-state index >= 15 is 0 Å². The number of hydrogen-bond acceptors (Lipinski definition) is 2. The van der Waals surface area contributed by atoms with Crippen LogP contribution in [0.4, 0.5) is 5.69 Å². The maximum Gasteiger partial charge on any atom is 0.225 e. The highest BCUT2D eigenvalue weighted by Gasteiger charge is 2.25. The first-order valence-corrected chi connectivity index (χ1v) is 7.41. The Morgan fingerprint density at radius 1 is 1.14 bits per heavy atom. The summed E-state index contributed by atoms with van der Waals surface area (Å²) < 4.78 is 0. The minimum atomic E-state index is -0.00828. The van der Waals surface area contributed by atoms with Crippen LogP contribution in [-0.4, -0.2) is 12.5 Å². The van der Waals surface area contributed by atoms with Crippen molar-refractivity contribution in [3.8, 4) is 0 Å². The third-order valence-electron chi connectivity index (χ3n) is 4.05. The Labute approximate surface area is 125 Å². The van der Waals surface area contributed by atoms with Gasteiger partial charge in [-0.1, -0.05) is 48.5 Å². The second-order valence-electron chi connectivity index (χ2n) is 5.58. The Morgan fingerprint density at radius 3 is 2.67 bits per heavy atom. The molecule has 1 aliphatic rings. The van der Waals surface area contributed by atoms with E-state index in [4.69, 9.17) is 0 Å². The Hall–Kier alpha value is -2.29. The zero-order chi connectivity index (χ0) is 14.7. The van der Waals surface area contributed by atoms with Crippen molar-refractivity contribution in [2.45, 2.75) is 19.4 Å². The van der Waals surface area contributed by atoms with Crippen molar-refractivity contribution in [3.63, 3.8) is 0 Å². The molecule has 1 unspecified atom stereocenters. The van der Waals surface area contributed by atoms with E-state index in [0.717, 1.165) is 17.7 Å². The molecule has 0 radical (unpaired) electrons. The van der Waals surface area contributed by atoms with Gasteiger partial charge in [0.1, 0.15) is 0 Å². The van der Waals surface area contributed by atoms with Gasteiger partial charge in [0.05, 0.1) is 12.0 Å². The van der Waals surface area contributed by atoms with Crippen molar-refractivity contribution < 1.29 is 4.79 Å². The van der Waals surface area contributed by atoms with E-state index in [9.17, 15) is 4.79 Å². The molecule has 2 atom stereocenters. The van der Waals surface area contributed by atoms with Gasteiger partial charge in [-0.05, 0) is 30.5 Å². The van der Waals surface area contributed by atoms with E-state index in [-0.39, 0.29) is 17.9 Å². The highest BCUT2D eigenvalue weighted by atomic mass is 16.1. The molecule has 0 saturated heterocycles. The average molecular weight is 280 g/mol. The normalized spacial score (nSPS) is 18.2. The minimum absolute atomic E-state index is 0.00828. The molecule has 0 saturated carbocycles. The standard InChI is InChI=1S/C18H20N2O/c1-13(14-7-3-2-4-8-14)20-18(21)16-11-15-9-5-6-10-17(15)19-12-16/h2-10,13,16,19H,11-12H2,1H3,(H,20,21)/t13-,16?/m1/s1. The molecule has 1 heterocycles. The van der Waals surface area contributed by atoms with Crippen molar-refractivity contribution in [2.75, 3.05) is 11.9 Å². The van der Waals surface area contributed by atoms with Gasteiger partial charge in [0.15, 0.2) is 0 Å². The molecule has 21 heavy (non-hydrogen) atoms. The molecule has 0 aromatic heterocycles. The zero-order valence-corrected chi connectivity index (χ0v) is 12.2. The number of rotatable bonds is 3. The molecule has 3 nitrogen and oxygen atoms in total. The third-order valence-corrected chi connectivity index (χ3v) is 4.05. The van der Waals surface area contributed by atoms with Crippen molar-refractivity contribution in [1.29, 1.82) is 0 Å². The Bertz CT molecular complexity index is 624. The van der Waals surface area contributed by atoms with Crippen LogP contribution in [0.1, 0.15) is 24.1 Å². The van der Waals surface area contributed by atoms with Crippen LogP contribution in [0, 0.1) is 5.92 Å². The quantitative estimate of drug-likeness (QED) is 0.907. The molecule has 3 rings (SSSR count). The van der Waals surface area contributed by atoms with Crippen LogP contribution in [0.25, 0.3) is 0 Å². The molecule has 3 heteroatoms. The summed E-state index contributed by atoms with van der Waals surface area (Å²) in [5.74, 6) is 0.111. The first kappa shape index (κ1) is 13.7. The summed E-state index contributed by atoms with van der Waals surface area (Å²) in [4.78, 5) is 12.4. The maximum absolute atomic E-state index is 12.4. The lowest BCUT2D eigenvalue weighted by molar-refractivity contribution is -0.125. The summed E-state index contributed by atoms with van der Waals surface area (Å²) in [5.41, 5.74) is 3.50. The van der Waals surface area contributed by atoms with Gasteiger partial charge in [0.2, 0.25) is 5.91 Å². The summed E-state index contributed by atoms with van der Waals surface area (Å²) in [6.07, 6.45) is 0.802. The molecule has 2 N–H and O–H groups in total. The van der Waals surface area contributed by atoms with Crippen molar-refractivity contribution in [2.24, 2.45) is 5.92 Å². The molecular weight excluding hydrogens is 260 g/mol. The van der Waals surface area contributed by atoms with Gasteiger partial charge >= 0.3 is 0 Å². The topological polar surface area (TPSA) is 41.1 Å². The summed E-state index contributed by atoms with van der Waals surface area (Å²) in [7, 11) is 0. The molecule has 1 amide bonds. The van der Waals surface area contributed by atoms with E-state index < -0.39 is 0 Å². The number of anilines is 1. The Kier molecular flexibility index (Phi) is 3.91. The second-order valence-corrected chi connectivity index (χ2v) is 5.58. The largest absolute Gasteiger partial charge is 0.384 e. The van der Waals surface area contributed by atoms with Gasteiger partial charge in [-0.2, -0.15) is 0 Å². The first-order valence-electron chi connectivity index (χ1n) is 7.41. The zero-order valence-electron chi connectivity index (χ0n) is 12.2. The van der Waals surface area contributed by atoms with Crippen molar-refractivity contribution >= 4 is 11.6 Å². The summed E-state index contributed by atoms with van der Waals surface area (Å²) >= 11 is 0. The lowest BCUT2D eigenvalue weighted by atomic mass is 9.93. The number of carbonyl (C=O) groups excluding carboxylic acids is 1. The van der Waals surface area contributed by atoms with Gasteiger partial charge in [-0.3, -0.25) is 4.79 Å². The van der Waals surface area contributed by atoms with Crippen LogP contribution in [0.15, 0.2) is 54.6 Å². The molecule has 0 bridgehead atoms. The number of amides is 1. The lowest BCUT2D eigenvalue weighted by Gasteiger charge is -2.26. The fourth-order valence-corrected chi connectivity index (χ4v) is 2.78. The predicted molar refractivity (Wildman–Crippen MR) is 85.1 cm³/mol. The van der Waals surface area contributed by atoms with Gasteiger partial charge < -0.3 is 10.6 Å². The van der Waals surface area contributed by atoms with E-state index in [1.54, 1.807) is 0 Å². The molecule has 0 fully saturated rings. The highest BCUT2D eigenvalue weighted by Crippen LogP contribution is 2.24. The smallest absolute Gasteiger partial charge is 0.225 e. The van der Waals surface area contributed by atoms with Gasteiger partial charge in [-0.15, -0.1) is 0 Å². The molecule has 1 aliphatic heterocycles. The van der Waals surface area contributed by atoms with Crippen LogP contribution in [0.5, 0.6) is 0 Å². The monoisotopic (exact) mass is 280 g/mol. The number of para-hydroxylation sites is 1. The predicted octanol–water partition coefficient (Wildman–Crippen LogP) is 3.15. The van der Waals surface area contributed by atoms with Gasteiger partial charge in [-0.25, -0.2) is 0 Å². The molecule has 2 aromatic rings. The van der Waals surface area contributed by atoms with Crippen molar-refractivity contribution in [3.05, 3.63) is 65.7 Å². The van der Waals surface area contributed by atoms with Crippen molar-refractivity contribution in [1.82, 2.24) is 5.32 Å². The summed E-state index contributed by atoms with van der Waals surface area (Å²) in [5, 5.41) is 6.46. The van der Waals surface area contributed by atoms with Crippen LogP contribution in [0.3, 0.4) is 0 Å². The highest BCUT2D eigenvalue weighted by molar-refractivity contribution is 5.81. The van der Waals surface area contributed by atoms with Gasteiger partial charge in [0, 0.05) is 12.2 Å². The summed E-state index contributed by atoms with van der Waals surface area (Å²) in [6.45, 7) is 2.72. The molecule has 0 aliphatic carbocycles. The van der Waals surface area contributed by atoms with Gasteiger partial charge in [0.25, 0.3) is 0 Å². The molecule has 108 valence electrons. The van der Waals surface area contributed by atoms with E-state index in [0.29, 0.717) is 6.54 Å². The summed E-state index contributed by atoms with van der Waals surface area (Å²) in [6, 6.07) is 18.3. The second kappa shape index (κ2) is 6.00. The number of hydrogen-bond donors (Lipinski definition) is 2. The number of carbonyl (C=O) groups is 1. The third kappa shape index (κ3) is 3.07. The molecule has 0 spiro atoms. The van der Waals surface area contributed by atoms with Crippen LogP contribution in [-0.2, 0) is 11.2 Å². The maximum atomic E-state index is 12.4. The average Bonchev–Trinajstić information content (AvgIpc) is 2.55. The number of benzene rings is 2. The Morgan fingerprint density at radius 2 is 1.86 bits per heavy atom. The lowest BCUT2D eigenvalue weighted by Crippen LogP contribution is -2.39. The van der Waals surface area contributed by atoms with E-state index in [1.807, 2.05) is 49.4 Å². The van der Waals surface area contributed by atoms with Crippen LogP contribution >= 0.6 is 0 Å². The fraction of sp³-hybridized carbons (Fsp3) is 0.278. The number of fused-ring (bicyclic) bond motifs is 1. The SMILES string of the molecule is C[C@@H](NC(=O)C1CNc2ccccc2C1)c1ccccc1. The molecular formula is C18H20N2O. The molecule has 2 aromatic carbocycles. The minimum Gasteiger partial charge on any atom is -0.384 e. The van der Waals surface area contributed by atoms with Crippen LogP contribution < -0.4 is 10.6 Å². The van der Waals surface area contributed by atoms with E-state index in [2.05, 4.69) is 22.8 Å². The van der Waals surface area contributed by atoms with Crippen LogP contribution in [0.2, 0.25) is 0 Å². The fourth-order valence-electron chi connectivity index (χ4n) is 2.78. The Balaban J connectivity index is 1.65. The first-order chi connectivity index (χ1) is 10.2. The number of nitrogens with one attached hydrogen (secondary N) is 2.